The molecule has 0 heterocycles. The van der Waals surface area contributed by atoms with Gasteiger partial charge in [-0.3, -0.25) is 15.4 Å². The van der Waals surface area contributed by atoms with Gasteiger partial charge >= 0.3 is 6.09 Å². The summed E-state index contributed by atoms with van der Waals surface area (Å²) in [5, 5.41) is 23.0. The van der Waals surface area contributed by atoms with Gasteiger partial charge in [0.25, 0.3) is 5.69 Å². The van der Waals surface area contributed by atoms with E-state index in [1.807, 2.05) is 48.5 Å². The van der Waals surface area contributed by atoms with Crippen LogP contribution in [0.15, 0.2) is 60.7 Å². The molecule has 2 N–H and O–H groups in total. The molecule has 0 unspecified atom stereocenters. The lowest BCUT2D eigenvalue weighted by Crippen LogP contribution is -2.18. The summed E-state index contributed by atoms with van der Waals surface area (Å²) < 4.78 is 5.37. The predicted molar refractivity (Wildman–Crippen MR) is 108 cm³/mol. The SMILES string of the molecule is O=C(Nc1cc([N+](=O)[O-])c(Cl)cc1O)OCC1c2ccccc2-c2ccccc21. The average molecular weight is 411 g/mol. The minimum Gasteiger partial charge on any atom is -0.506 e. The Labute approximate surface area is 170 Å². The number of hydrogen-bond acceptors (Lipinski definition) is 5. The lowest BCUT2D eigenvalue weighted by atomic mass is 9.98. The third kappa shape index (κ3) is 3.48. The zero-order chi connectivity index (χ0) is 20.5. The molecule has 0 spiro atoms. The lowest BCUT2D eigenvalue weighted by molar-refractivity contribution is -0.384. The third-order valence-electron chi connectivity index (χ3n) is 4.84. The van der Waals surface area contributed by atoms with Crippen LogP contribution >= 0.6 is 11.6 Å². The van der Waals surface area contributed by atoms with Crippen LogP contribution in [-0.4, -0.2) is 22.7 Å². The van der Waals surface area contributed by atoms with Crippen LogP contribution in [0.5, 0.6) is 5.75 Å². The molecule has 0 aromatic heterocycles. The standard InChI is InChI=1S/C21H15ClN2O5/c22-17-9-20(25)18(10-19(17)24(27)28)23-21(26)29-11-16-14-7-3-1-5-12(14)13-6-2-4-8-15(13)16/h1-10,16,25H,11H2,(H,23,26). The first-order valence-electron chi connectivity index (χ1n) is 8.74. The number of nitro benzene ring substituents is 1. The van der Waals surface area contributed by atoms with Gasteiger partial charge in [0.15, 0.2) is 0 Å². The van der Waals surface area contributed by atoms with Crippen molar-refractivity contribution in [3.8, 4) is 16.9 Å². The van der Waals surface area contributed by atoms with Crippen molar-refractivity contribution in [2.75, 3.05) is 11.9 Å². The molecular weight excluding hydrogens is 396 g/mol. The zero-order valence-electron chi connectivity index (χ0n) is 15.0. The highest BCUT2D eigenvalue weighted by Crippen LogP contribution is 2.44. The van der Waals surface area contributed by atoms with Gasteiger partial charge in [0.2, 0.25) is 0 Å². The molecule has 1 amide bonds. The van der Waals surface area contributed by atoms with Crippen molar-refractivity contribution >= 4 is 29.1 Å². The number of halogens is 1. The molecule has 146 valence electrons. The summed E-state index contributed by atoms with van der Waals surface area (Å²) >= 11 is 5.73. The monoisotopic (exact) mass is 410 g/mol. The summed E-state index contributed by atoms with van der Waals surface area (Å²) in [4.78, 5) is 22.6. The van der Waals surface area contributed by atoms with Gasteiger partial charge in [-0.05, 0) is 22.3 Å². The van der Waals surface area contributed by atoms with Crippen molar-refractivity contribution in [1.29, 1.82) is 0 Å². The molecule has 29 heavy (non-hydrogen) atoms. The Hall–Kier alpha value is -3.58. The summed E-state index contributed by atoms with van der Waals surface area (Å²) in [6.07, 6.45) is -0.834. The number of nitro groups is 1. The molecule has 8 heteroatoms. The van der Waals surface area contributed by atoms with E-state index in [-0.39, 0.29) is 23.2 Å². The van der Waals surface area contributed by atoms with Gasteiger partial charge in [-0.2, -0.15) is 0 Å². The summed E-state index contributed by atoms with van der Waals surface area (Å²) in [6, 6.07) is 17.8. The second kappa shape index (κ2) is 7.44. The van der Waals surface area contributed by atoms with E-state index in [1.165, 1.54) is 0 Å². The molecule has 3 aromatic carbocycles. The van der Waals surface area contributed by atoms with E-state index in [0.29, 0.717) is 0 Å². The molecule has 0 atom stereocenters. The first-order chi connectivity index (χ1) is 14.0. The van der Waals surface area contributed by atoms with Gasteiger partial charge in [0.1, 0.15) is 17.4 Å². The van der Waals surface area contributed by atoms with Crippen LogP contribution in [0, 0.1) is 10.1 Å². The van der Waals surface area contributed by atoms with Crippen molar-refractivity contribution in [2.24, 2.45) is 0 Å². The molecule has 0 fully saturated rings. The summed E-state index contributed by atoms with van der Waals surface area (Å²) in [5.74, 6) is -0.518. The van der Waals surface area contributed by atoms with E-state index in [2.05, 4.69) is 5.32 Å². The lowest BCUT2D eigenvalue weighted by Gasteiger charge is -2.15. The number of phenolic OH excluding ortho intramolecular Hbond substituents is 1. The van der Waals surface area contributed by atoms with Crippen molar-refractivity contribution < 1.29 is 19.6 Å². The number of anilines is 1. The number of carbonyl (C=O) groups is 1. The van der Waals surface area contributed by atoms with Crippen molar-refractivity contribution in [3.05, 3.63) is 86.9 Å². The Morgan fingerprint density at radius 2 is 1.69 bits per heavy atom. The number of fused-ring (bicyclic) bond motifs is 3. The van der Waals surface area contributed by atoms with Crippen LogP contribution in [-0.2, 0) is 4.74 Å². The number of hydrogen-bond donors (Lipinski definition) is 2. The van der Waals surface area contributed by atoms with Gasteiger partial charge in [-0.25, -0.2) is 4.79 Å². The first kappa shape index (κ1) is 18.8. The van der Waals surface area contributed by atoms with Gasteiger partial charge in [-0.15, -0.1) is 0 Å². The first-order valence-corrected chi connectivity index (χ1v) is 9.12. The molecule has 7 nitrogen and oxygen atoms in total. The maximum atomic E-state index is 12.3. The maximum Gasteiger partial charge on any atom is 0.411 e. The smallest absolute Gasteiger partial charge is 0.411 e. The minimum atomic E-state index is -0.834. The molecule has 0 radical (unpaired) electrons. The topological polar surface area (TPSA) is 102 Å². The fraction of sp³-hybridized carbons (Fsp3) is 0.0952. The fourth-order valence-electron chi connectivity index (χ4n) is 3.54. The van der Waals surface area contributed by atoms with Gasteiger partial charge < -0.3 is 9.84 Å². The Morgan fingerprint density at radius 3 is 2.28 bits per heavy atom. The molecule has 0 bridgehead atoms. The normalized spacial score (nSPS) is 12.2. The Balaban J connectivity index is 1.51. The number of phenols is 1. The van der Waals surface area contributed by atoms with Gasteiger partial charge in [0, 0.05) is 18.1 Å². The molecule has 1 aliphatic carbocycles. The second-order valence-corrected chi connectivity index (χ2v) is 6.94. The molecule has 3 aromatic rings. The Kier molecular flexibility index (Phi) is 4.82. The minimum absolute atomic E-state index is 0.0797. The van der Waals surface area contributed by atoms with Crippen molar-refractivity contribution in [2.45, 2.75) is 5.92 Å². The Morgan fingerprint density at radius 1 is 1.10 bits per heavy atom. The van der Waals surface area contributed by atoms with Crippen LogP contribution in [0.1, 0.15) is 17.0 Å². The highest BCUT2D eigenvalue weighted by atomic mass is 35.5. The molecular formula is C21H15ClN2O5. The molecule has 1 aliphatic rings. The van der Waals surface area contributed by atoms with E-state index >= 15 is 0 Å². The molecule has 0 saturated heterocycles. The highest BCUT2D eigenvalue weighted by Gasteiger charge is 2.29. The Bertz CT molecular complexity index is 1090. The number of amides is 1. The number of aromatic hydroxyl groups is 1. The van der Waals surface area contributed by atoms with Crippen molar-refractivity contribution in [3.63, 3.8) is 0 Å². The number of nitrogens with one attached hydrogen (secondary N) is 1. The largest absolute Gasteiger partial charge is 0.506 e. The van der Waals surface area contributed by atoms with Crippen LogP contribution in [0.3, 0.4) is 0 Å². The molecule has 0 aliphatic heterocycles. The molecule has 0 saturated carbocycles. The van der Waals surface area contributed by atoms with Crippen LogP contribution in [0.25, 0.3) is 11.1 Å². The van der Waals surface area contributed by atoms with E-state index in [1.54, 1.807) is 0 Å². The number of rotatable bonds is 4. The average Bonchev–Trinajstić information content (AvgIpc) is 3.02. The highest BCUT2D eigenvalue weighted by molar-refractivity contribution is 6.33. The van der Waals surface area contributed by atoms with Crippen LogP contribution < -0.4 is 5.32 Å². The predicted octanol–water partition coefficient (Wildman–Crippen LogP) is 5.31. The van der Waals surface area contributed by atoms with Gasteiger partial charge in [-0.1, -0.05) is 60.1 Å². The summed E-state index contributed by atoms with van der Waals surface area (Å²) in [5.41, 5.74) is 3.74. The number of ether oxygens (including phenoxy) is 1. The van der Waals surface area contributed by atoms with Gasteiger partial charge in [0.05, 0.1) is 10.6 Å². The zero-order valence-corrected chi connectivity index (χ0v) is 15.7. The van der Waals surface area contributed by atoms with Crippen molar-refractivity contribution in [1.82, 2.24) is 0 Å². The maximum absolute atomic E-state index is 12.3. The number of carbonyl (C=O) groups excluding carboxylic acids is 1. The quantitative estimate of drug-likeness (QED) is 0.344. The molecule has 4 rings (SSSR count). The summed E-state index contributed by atoms with van der Waals surface area (Å²) in [6.45, 7) is 0.0797. The van der Waals surface area contributed by atoms with E-state index in [9.17, 15) is 20.0 Å². The number of nitrogens with zero attached hydrogens (tertiary/aromatic N) is 1. The van der Waals surface area contributed by atoms with Crippen LogP contribution in [0.2, 0.25) is 5.02 Å². The van der Waals surface area contributed by atoms with E-state index in [4.69, 9.17) is 16.3 Å². The second-order valence-electron chi connectivity index (χ2n) is 6.53. The number of benzene rings is 3. The van der Waals surface area contributed by atoms with Crippen LogP contribution in [0.4, 0.5) is 16.2 Å². The fourth-order valence-corrected chi connectivity index (χ4v) is 3.76. The van der Waals surface area contributed by atoms with E-state index in [0.717, 1.165) is 34.4 Å². The third-order valence-corrected chi connectivity index (χ3v) is 5.14. The van der Waals surface area contributed by atoms with E-state index < -0.39 is 22.5 Å². The summed E-state index contributed by atoms with van der Waals surface area (Å²) in [7, 11) is 0.